The van der Waals surface area contributed by atoms with E-state index in [0.29, 0.717) is 17.8 Å². The number of para-hydroxylation sites is 1. The largest absolute Gasteiger partial charge is 0.497 e. The lowest BCUT2D eigenvalue weighted by molar-refractivity contribution is -0.135. The maximum absolute atomic E-state index is 12.9. The fourth-order valence-corrected chi connectivity index (χ4v) is 3.57. The van der Waals surface area contributed by atoms with Crippen molar-refractivity contribution >= 4 is 28.3 Å². The normalized spacial score (nSPS) is 14.3. The van der Waals surface area contributed by atoms with Crippen molar-refractivity contribution in [2.45, 2.75) is 6.54 Å². The van der Waals surface area contributed by atoms with Crippen molar-refractivity contribution in [2.75, 3.05) is 14.2 Å². The Morgan fingerprint density at radius 2 is 1.79 bits per heavy atom. The predicted octanol–water partition coefficient (Wildman–Crippen LogP) is 2.69. The average Bonchev–Trinajstić information content (AvgIpc) is 3.16. The van der Waals surface area contributed by atoms with E-state index >= 15 is 0 Å². The summed E-state index contributed by atoms with van der Waals surface area (Å²) in [7, 11) is 5.05. The van der Waals surface area contributed by atoms with E-state index in [4.69, 9.17) is 4.74 Å². The van der Waals surface area contributed by atoms with E-state index < -0.39 is 0 Å². The Labute approximate surface area is 163 Å². The van der Waals surface area contributed by atoms with Crippen LogP contribution in [0.4, 0.5) is 0 Å². The zero-order chi connectivity index (χ0) is 19.8. The Morgan fingerprint density at radius 1 is 1.00 bits per heavy atom. The highest BCUT2D eigenvalue weighted by atomic mass is 16.5. The van der Waals surface area contributed by atoms with Gasteiger partial charge in [-0.05, 0) is 23.8 Å². The van der Waals surface area contributed by atoms with Crippen LogP contribution >= 0.6 is 0 Å². The summed E-state index contributed by atoms with van der Waals surface area (Å²) in [5.41, 5.74) is 3.46. The molecule has 28 heavy (non-hydrogen) atoms. The summed E-state index contributed by atoms with van der Waals surface area (Å²) in [4.78, 5) is 26.8. The van der Waals surface area contributed by atoms with Gasteiger partial charge >= 0.3 is 0 Å². The van der Waals surface area contributed by atoms with E-state index in [-0.39, 0.29) is 11.8 Å². The molecule has 0 bridgehead atoms. The number of hydrogen-bond donors (Lipinski definition) is 1. The van der Waals surface area contributed by atoms with Crippen molar-refractivity contribution in [3.8, 4) is 5.75 Å². The molecule has 2 heterocycles. The summed E-state index contributed by atoms with van der Waals surface area (Å²) in [5.74, 6) is 0.124. The van der Waals surface area contributed by atoms with Crippen LogP contribution in [0.3, 0.4) is 0 Å². The monoisotopic (exact) mass is 375 g/mol. The number of rotatable bonds is 5. The van der Waals surface area contributed by atoms with E-state index in [9.17, 15) is 9.59 Å². The van der Waals surface area contributed by atoms with Gasteiger partial charge in [0.1, 0.15) is 11.4 Å². The molecule has 0 atom stereocenters. The summed E-state index contributed by atoms with van der Waals surface area (Å²) < 4.78 is 7.22. The van der Waals surface area contributed by atoms with Gasteiger partial charge in [-0.15, -0.1) is 0 Å². The third-order valence-electron chi connectivity index (χ3n) is 5.06. The van der Waals surface area contributed by atoms with Crippen molar-refractivity contribution in [3.05, 3.63) is 71.6 Å². The Hall–Kier alpha value is -3.54. The molecule has 0 saturated heterocycles. The molecule has 142 valence electrons. The number of hydrogen-bond acceptors (Lipinski definition) is 4. The average molecular weight is 375 g/mol. The number of aromatic nitrogens is 1. The first-order chi connectivity index (χ1) is 13.5. The Balaban J connectivity index is 1.77. The Kier molecular flexibility index (Phi) is 4.39. The van der Waals surface area contributed by atoms with E-state index in [0.717, 1.165) is 32.7 Å². The minimum absolute atomic E-state index is 0.297. The topological polar surface area (TPSA) is 63.6 Å². The lowest BCUT2D eigenvalue weighted by Crippen LogP contribution is -2.29. The van der Waals surface area contributed by atoms with Crippen molar-refractivity contribution in [1.29, 1.82) is 0 Å². The molecule has 0 saturated carbocycles. The van der Waals surface area contributed by atoms with Gasteiger partial charge in [-0.2, -0.15) is 0 Å². The van der Waals surface area contributed by atoms with Crippen LogP contribution in [-0.2, 0) is 23.2 Å². The SMILES string of the molecule is COc1cccc(CNC2=C(c3cn(C)c4ccccc34)C(=O)N(C)C2=O)c1. The minimum atomic E-state index is -0.323. The van der Waals surface area contributed by atoms with Crippen molar-refractivity contribution < 1.29 is 14.3 Å². The molecule has 0 spiro atoms. The molecule has 0 fully saturated rings. The Bertz CT molecular complexity index is 1130. The first-order valence-electron chi connectivity index (χ1n) is 8.99. The highest BCUT2D eigenvalue weighted by molar-refractivity contribution is 6.36. The lowest BCUT2D eigenvalue weighted by Gasteiger charge is -2.10. The fraction of sp³-hybridized carbons (Fsp3) is 0.182. The van der Waals surface area contributed by atoms with Gasteiger partial charge in [0.2, 0.25) is 0 Å². The second-order valence-corrected chi connectivity index (χ2v) is 6.80. The number of carbonyl (C=O) groups excluding carboxylic acids is 2. The first-order valence-corrected chi connectivity index (χ1v) is 8.99. The highest BCUT2D eigenvalue weighted by Gasteiger charge is 2.37. The van der Waals surface area contributed by atoms with E-state index in [2.05, 4.69) is 5.32 Å². The molecule has 6 heteroatoms. The molecule has 3 aromatic rings. The maximum atomic E-state index is 12.9. The van der Waals surface area contributed by atoms with Gasteiger partial charge in [0.15, 0.2) is 0 Å². The maximum Gasteiger partial charge on any atom is 0.277 e. The number of ether oxygens (including phenoxy) is 1. The zero-order valence-electron chi connectivity index (χ0n) is 16.0. The summed E-state index contributed by atoms with van der Waals surface area (Å²) in [6.45, 7) is 0.410. The predicted molar refractivity (Wildman–Crippen MR) is 107 cm³/mol. The number of fused-ring (bicyclic) bond motifs is 1. The van der Waals surface area contributed by atoms with Crippen molar-refractivity contribution in [1.82, 2.24) is 14.8 Å². The summed E-state index contributed by atoms with van der Waals surface area (Å²) in [5, 5.41) is 4.13. The molecule has 0 aliphatic carbocycles. The Morgan fingerprint density at radius 3 is 2.57 bits per heavy atom. The van der Waals surface area contributed by atoms with Gasteiger partial charge < -0.3 is 14.6 Å². The number of nitrogens with zero attached hydrogens (tertiary/aromatic N) is 2. The minimum Gasteiger partial charge on any atom is -0.497 e. The third-order valence-corrected chi connectivity index (χ3v) is 5.06. The number of amides is 2. The standard InChI is InChI=1S/C22H21N3O3/c1-24-13-17(16-9-4-5-10-18(16)24)19-20(22(27)25(2)21(19)26)23-12-14-7-6-8-15(11-14)28-3/h4-11,13,23H,12H2,1-3H3. The van der Waals surface area contributed by atoms with Crippen LogP contribution in [0, 0.1) is 0 Å². The fourth-order valence-electron chi connectivity index (χ4n) is 3.57. The quantitative estimate of drug-likeness (QED) is 0.697. The van der Waals surface area contributed by atoms with Crippen LogP contribution in [0.15, 0.2) is 60.4 Å². The van der Waals surface area contributed by atoms with Gasteiger partial charge in [-0.25, -0.2) is 0 Å². The van der Waals surface area contributed by atoms with Crippen LogP contribution < -0.4 is 10.1 Å². The molecular weight excluding hydrogens is 354 g/mol. The highest BCUT2D eigenvalue weighted by Crippen LogP contribution is 2.33. The summed E-state index contributed by atoms with van der Waals surface area (Å²) in [6, 6.07) is 15.4. The molecule has 6 nitrogen and oxygen atoms in total. The second kappa shape index (κ2) is 6.88. The number of aryl methyl sites for hydroxylation is 1. The van der Waals surface area contributed by atoms with E-state index in [1.807, 2.05) is 66.3 Å². The zero-order valence-corrected chi connectivity index (χ0v) is 16.0. The first kappa shape index (κ1) is 17.9. The van der Waals surface area contributed by atoms with Crippen molar-refractivity contribution in [2.24, 2.45) is 7.05 Å². The third kappa shape index (κ3) is 2.83. The molecule has 1 N–H and O–H groups in total. The molecular formula is C22H21N3O3. The van der Waals surface area contributed by atoms with E-state index in [1.54, 1.807) is 7.11 Å². The summed E-state index contributed by atoms with van der Waals surface area (Å²) in [6.07, 6.45) is 1.90. The van der Waals surface area contributed by atoms with Crippen LogP contribution in [-0.4, -0.2) is 35.4 Å². The number of methoxy groups -OCH3 is 1. The second-order valence-electron chi connectivity index (χ2n) is 6.80. The van der Waals surface area contributed by atoms with E-state index in [1.165, 1.54) is 7.05 Å². The molecule has 1 aromatic heterocycles. The molecule has 1 aliphatic rings. The van der Waals surface area contributed by atoms with Crippen LogP contribution in [0.25, 0.3) is 16.5 Å². The van der Waals surface area contributed by atoms with Crippen LogP contribution in [0.5, 0.6) is 5.75 Å². The van der Waals surface area contributed by atoms with Gasteiger partial charge in [0.05, 0.1) is 12.7 Å². The smallest absolute Gasteiger partial charge is 0.277 e. The number of nitrogens with one attached hydrogen (secondary N) is 1. The van der Waals surface area contributed by atoms with Crippen LogP contribution in [0.2, 0.25) is 0 Å². The van der Waals surface area contributed by atoms with Gasteiger partial charge in [-0.3, -0.25) is 14.5 Å². The summed E-state index contributed by atoms with van der Waals surface area (Å²) >= 11 is 0. The molecule has 0 unspecified atom stereocenters. The number of imide groups is 1. The van der Waals surface area contributed by atoms with Gasteiger partial charge in [-0.1, -0.05) is 30.3 Å². The molecule has 2 aromatic carbocycles. The molecule has 2 amide bonds. The number of carbonyl (C=O) groups is 2. The lowest BCUT2D eigenvalue weighted by atomic mass is 10.0. The van der Waals surface area contributed by atoms with Crippen LogP contribution in [0.1, 0.15) is 11.1 Å². The molecule has 1 aliphatic heterocycles. The molecule has 0 radical (unpaired) electrons. The van der Waals surface area contributed by atoms with Crippen molar-refractivity contribution in [3.63, 3.8) is 0 Å². The van der Waals surface area contributed by atoms with Gasteiger partial charge in [0, 0.05) is 43.3 Å². The number of likely N-dealkylation sites (N-methyl/N-ethyl adjacent to an activating group) is 1. The number of benzene rings is 2. The van der Waals surface area contributed by atoms with Gasteiger partial charge in [0.25, 0.3) is 11.8 Å². The molecule has 4 rings (SSSR count).